The van der Waals surface area contributed by atoms with E-state index in [0.717, 1.165) is 11.3 Å². The van der Waals surface area contributed by atoms with E-state index >= 15 is 0 Å². The van der Waals surface area contributed by atoms with Crippen LogP contribution in [0, 0.1) is 0 Å². The van der Waals surface area contributed by atoms with E-state index in [4.69, 9.17) is 4.74 Å². The molecule has 0 aliphatic carbocycles. The van der Waals surface area contributed by atoms with Gasteiger partial charge in [0, 0.05) is 0 Å². The Bertz CT molecular complexity index is 770. The van der Waals surface area contributed by atoms with Gasteiger partial charge in [-0.15, -0.1) is 11.3 Å². The van der Waals surface area contributed by atoms with E-state index < -0.39 is 5.97 Å². The summed E-state index contributed by atoms with van der Waals surface area (Å²) in [7, 11) is 1.55. The van der Waals surface area contributed by atoms with Crippen molar-refractivity contribution >= 4 is 34.6 Å². The number of carbonyl (C=O) groups is 2. The maximum atomic E-state index is 11.8. The van der Waals surface area contributed by atoms with Crippen LogP contribution in [0.1, 0.15) is 21.5 Å². The molecule has 0 saturated heterocycles. The van der Waals surface area contributed by atoms with Crippen molar-refractivity contribution in [2.45, 2.75) is 6.92 Å². The predicted octanol–water partition coefficient (Wildman–Crippen LogP) is 1.07. The topological polar surface area (TPSA) is 103 Å². The number of ether oxygens (including phenoxy) is 1. The fourth-order valence-electron chi connectivity index (χ4n) is 1.85. The summed E-state index contributed by atoms with van der Waals surface area (Å²) in [5.74, 6) is -0.931. The Hall–Kier alpha value is -2.87. The van der Waals surface area contributed by atoms with E-state index in [1.54, 1.807) is 32.2 Å². The van der Waals surface area contributed by atoms with Crippen LogP contribution in [0.4, 0.5) is 5.69 Å². The number of amides is 1. The Balaban J connectivity index is 1.90. The standard InChI is InChI=1S/C16H17N3O4S/c1-10(13-7-8-14(24-13)16(21)22)18-19-15(20)9-17-11-5-3-4-6-12(11)23-2/h3-8,17H,9H2,1-2H3,(H,19,20)(H,21,22)/p-1/b18-10-. The number of hydrogen-bond acceptors (Lipinski definition) is 7. The molecule has 0 atom stereocenters. The van der Waals surface area contributed by atoms with E-state index in [2.05, 4.69) is 15.8 Å². The third-order valence-electron chi connectivity index (χ3n) is 3.06. The highest BCUT2D eigenvalue weighted by Crippen LogP contribution is 2.22. The number of carboxylic acid groups (broad SMARTS) is 1. The van der Waals surface area contributed by atoms with Gasteiger partial charge >= 0.3 is 0 Å². The molecular weight excluding hydrogens is 330 g/mol. The third kappa shape index (κ3) is 4.56. The first kappa shape index (κ1) is 17.5. The van der Waals surface area contributed by atoms with Crippen LogP contribution in [0.15, 0.2) is 41.5 Å². The number of thiophene rings is 1. The summed E-state index contributed by atoms with van der Waals surface area (Å²) in [6.45, 7) is 1.70. The molecule has 0 spiro atoms. The number of benzene rings is 1. The molecule has 1 aromatic carbocycles. The zero-order valence-electron chi connectivity index (χ0n) is 13.2. The number of para-hydroxylation sites is 2. The van der Waals surface area contributed by atoms with E-state index in [0.29, 0.717) is 22.0 Å². The number of carboxylic acids is 1. The fraction of sp³-hybridized carbons (Fsp3) is 0.188. The molecule has 0 bridgehead atoms. The van der Waals surface area contributed by atoms with Crippen molar-refractivity contribution in [2.75, 3.05) is 19.0 Å². The monoisotopic (exact) mass is 346 g/mol. The van der Waals surface area contributed by atoms with Gasteiger partial charge in [-0.25, -0.2) is 5.43 Å². The van der Waals surface area contributed by atoms with Gasteiger partial charge in [-0.1, -0.05) is 12.1 Å². The third-order valence-corrected chi connectivity index (χ3v) is 4.23. The summed E-state index contributed by atoms with van der Waals surface area (Å²) in [5, 5.41) is 17.7. The molecule has 2 N–H and O–H groups in total. The van der Waals surface area contributed by atoms with Crippen LogP contribution in [0.3, 0.4) is 0 Å². The number of anilines is 1. The minimum atomic E-state index is -1.23. The number of hydrazone groups is 1. The molecule has 126 valence electrons. The second-order valence-corrected chi connectivity index (χ2v) is 5.82. The predicted molar refractivity (Wildman–Crippen MR) is 90.5 cm³/mol. The quantitative estimate of drug-likeness (QED) is 0.577. The van der Waals surface area contributed by atoms with Crippen molar-refractivity contribution in [3.8, 4) is 5.75 Å². The Morgan fingerprint density at radius 2 is 1.92 bits per heavy atom. The smallest absolute Gasteiger partial charge is 0.259 e. The van der Waals surface area contributed by atoms with Crippen molar-refractivity contribution in [1.82, 2.24) is 5.43 Å². The van der Waals surface area contributed by atoms with Crippen molar-refractivity contribution < 1.29 is 19.4 Å². The molecule has 1 aromatic heterocycles. The highest BCUT2D eigenvalue weighted by molar-refractivity contribution is 7.15. The number of nitrogens with zero attached hydrogens (tertiary/aromatic N) is 1. The van der Waals surface area contributed by atoms with Gasteiger partial charge in [0.2, 0.25) is 0 Å². The van der Waals surface area contributed by atoms with Gasteiger partial charge < -0.3 is 20.0 Å². The highest BCUT2D eigenvalue weighted by Gasteiger charge is 2.06. The van der Waals surface area contributed by atoms with Gasteiger partial charge in [0.1, 0.15) is 5.75 Å². The molecule has 0 aliphatic rings. The first-order valence-corrected chi connectivity index (χ1v) is 7.84. The largest absolute Gasteiger partial charge is 0.544 e. The minimum absolute atomic E-state index is 0.0197. The van der Waals surface area contributed by atoms with Crippen molar-refractivity contribution in [2.24, 2.45) is 5.10 Å². The first-order valence-electron chi connectivity index (χ1n) is 7.03. The van der Waals surface area contributed by atoms with Crippen LogP contribution in [0.2, 0.25) is 0 Å². The van der Waals surface area contributed by atoms with Gasteiger partial charge in [-0.3, -0.25) is 4.79 Å². The zero-order valence-corrected chi connectivity index (χ0v) is 14.0. The molecule has 0 radical (unpaired) electrons. The SMILES string of the molecule is COc1ccccc1NCC(=O)N/N=C(/C)c1ccc(C(=O)[O-])s1. The summed E-state index contributed by atoms with van der Waals surface area (Å²) in [5.41, 5.74) is 3.63. The van der Waals surface area contributed by atoms with E-state index in [-0.39, 0.29) is 17.3 Å². The lowest BCUT2D eigenvalue weighted by atomic mass is 10.3. The lowest BCUT2D eigenvalue weighted by Crippen LogP contribution is -2.26. The first-order chi connectivity index (χ1) is 11.5. The van der Waals surface area contributed by atoms with E-state index in [9.17, 15) is 14.7 Å². The molecule has 1 amide bonds. The molecule has 0 aliphatic heterocycles. The van der Waals surface area contributed by atoms with Crippen LogP contribution in [0.5, 0.6) is 5.75 Å². The second-order valence-electron chi connectivity index (χ2n) is 4.74. The molecular formula is C16H16N3O4S-. The summed E-state index contributed by atoms with van der Waals surface area (Å²) in [6, 6.07) is 10.3. The lowest BCUT2D eigenvalue weighted by Gasteiger charge is -2.09. The van der Waals surface area contributed by atoms with Crippen LogP contribution in [-0.2, 0) is 4.79 Å². The highest BCUT2D eigenvalue weighted by atomic mass is 32.1. The van der Waals surface area contributed by atoms with Crippen LogP contribution in [-0.4, -0.2) is 31.2 Å². The maximum absolute atomic E-state index is 11.8. The van der Waals surface area contributed by atoms with Crippen molar-refractivity contribution in [1.29, 1.82) is 0 Å². The number of rotatable bonds is 7. The van der Waals surface area contributed by atoms with Crippen molar-refractivity contribution in [3.05, 3.63) is 46.2 Å². The van der Waals surface area contributed by atoms with Gasteiger partial charge in [-0.05, 0) is 31.2 Å². The molecule has 2 rings (SSSR count). The molecule has 0 unspecified atom stereocenters. The Labute approximate surface area is 143 Å². The molecule has 2 aromatic rings. The maximum Gasteiger partial charge on any atom is 0.259 e. The number of aromatic carboxylic acids is 1. The van der Waals surface area contributed by atoms with Crippen LogP contribution in [0.25, 0.3) is 0 Å². The molecule has 0 fully saturated rings. The van der Waals surface area contributed by atoms with Gasteiger partial charge in [0.15, 0.2) is 0 Å². The van der Waals surface area contributed by atoms with E-state index in [1.807, 2.05) is 12.1 Å². The fourth-order valence-corrected chi connectivity index (χ4v) is 2.63. The van der Waals surface area contributed by atoms with Gasteiger partial charge in [0.05, 0.1) is 40.8 Å². The lowest BCUT2D eigenvalue weighted by molar-refractivity contribution is -0.254. The van der Waals surface area contributed by atoms with Gasteiger partial charge in [0.25, 0.3) is 5.91 Å². The van der Waals surface area contributed by atoms with Crippen LogP contribution >= 0.6 is 11.3 Å². The van der Waals surface area contributed by atoms with E-state index in [1.165, 1.54) is 6.07 Å². The molecule has 8 heteroatoms. The Morgan fingerprint density at radius 1 is 1.21 bits per heavy atom. The summed E-state index contributed by atoms with van der Waals surface area (Å²) < 4.78 is 5.18. The molecule has 24 heavy (non-hydrogen) atoms. The summed E-state index contributed by atoms with van der Waals surface area (Å²) in [4.78, 5) is 23.3. The average molecular weight is 346 g/mol. The molecule has 0 saturated carbocycles. The normalized spacial score (nSPS) is 11.0. The minimum Gasteiger partial charge on any atom is -0.544 e. The van der Waals surface area contributed by atoms with Crippen molar-refractivity contribution in [3.63, 3.8) is 0 Å². The molecule has 7 nitrogen and oxygen atoms in total. The Kier molecular flexibility index (Phi) is 5.91. The average Bonchev–Trinajstić information content (AvgIpc) is 3.08. The Morgan fingerprint density at radius 3 is 2.58 bits per heavy atom. The number of carbonyl (C=O) groups excluding carboxylic acids is 2. The number of nitrogens with one attached hydrogen (secondary N) is 2. The number of hydrogen-bond donors (Lipinski definition) is 2. The summed E-state index contributed by atoms with van der Waals surface area (Å²) in [6.07, 6.45) is 0. The summed E-state index contributed by atoms with van der Waals surface area (Å²) >= 11 is 1.04. The van der Waals surface area contributed by atoms with Gasteiger partial charge in [-0.2, -0.15) is 5.10 Å². The molecule has 1 heterocycles. The van der Waals surface area contributed by atoms with Crippen LogP contribution < -0.4 is 20.6 Å². The second kappa shape index (κ2) is 8.11. The zero-order chi connectivity index (χ0) is 17.5. The number of methoxy groups -OCH3 is 1.